The van der Waals surface area contributed by atoms with Crippen LogP contribution in [0.2, 0.25) is 0 Å². The smallest absolute Gasteiger partial charge is 0.239 e. The third-order valence-electron chi connectivity index (χ3n) is 2.41. The van der Waals surface area contributed by atoms with Crippen molar-refractivity contribution in [2.75, 3.05) is 32.5 Å². The highest BCUT2D eigenvalue weighted by Crippen LogP contribution is 2.13. The molecule has 0 aliphatic carbocycles. The average molecular weight is 276 g/mol. The number of carbonyl (C=O) groups is 2. The lowest BCUT2D eigenvalue weighted by Crippen LogP contribution is -2.39. The van der Waals surface area contributed by atoms with Crippen molar-refractivity contribution in [3.8, 4) is 0 Å². The van der Waals surface area contributed by atoms with Crippen molar-refractivity contribution >= 4 is 23.6 Å². The van der Waals surface area contributed by atoms with Crippen molar-refractivity contribution in [3.63, 3.8) is 0 Å². The van der Waals surface area contributed by atoms with Crippen LogP contribution >= 0.6 is 11.8 Å². The molecule has 0 aromatic carbocycles. The van der Waals surface area contributed by atoms with Crippen molar-refractivity contribution in [2.45, 2.75) is 31.9 Å². The summed E-state index contributed by atoms with van der Waals surface area (Å²) < 4.78 is 0. The molecule has 5 nitrogen and oxygen atoms in total. The van der Waals surface area contributed by atoms with E-state index in [9.17, 15) is 9.59 Å². The Morgan fingerprint density at radius 1 is 1.44 bits per heavy atom. The van der Waals surface area contributed by atoms with E-state index in [1.165, 1.54) is 16.7 Å². The van der Waals surface area contributed by atoms with E-state index < -0.39 is 0 Å². The standard InChI is InChI=1S/C12H24N2O3S/c1-4-6-13-11(16)8-14(3)12(17)9-18-10(2)5-7-15/h10,15H,4-9H2,1-3H3,(H,13,16). The van der Waals surface area contributed by atoms with Gasteiger partial charge in [0.25, 0.3) is 0 Å². The van der Waals surface area contributed by atoms with Crippen molar-refractivity contribution in [2.24, 2.45) is 0 Å². The number of carbonyl (C=O) groups excluding carboxylic acids is 2. The monoisotopic (exact) mass is 276 g/mol. The van der Waals surface area contributed by atoms with Gasteiger partial charge in [-0.1, -0.05) is 13.8 Å². The van der Waals surface area contributed by atoms with Gasteiger partial charge in [0.2, 0.25) is 11.8 Å². The molecule has 0 aliphatic heterocycles. The van der Waals surface area contributed by atoms with Gasteiger partial charge in [0.15, 0.2) is 0 Å². The van der Waals surface area contributed by atoms with E-state index in [2.05, 4.69) is 5.32 Å². The van der Waals surface area contributed by atoms with Gasteiger partial charge < -0.3 is 15.3 Å². The van der Waals surface area contributed by atoms with E-state index in [-0.39, 0.29) is 30.2 Å². The zero-order valence-corrected chi connectivity index (χ0v) is 12.3. The second-order valence-electron chi connectivity index (χ2n) is 4.23. The molecule has 0 fully saturated rings. The first-order valence-electron chi connectivity index (χ1n) is 6.24. The van der Waals surface area contributed by atoms with Gasteiger partial charge in [-0.25, -0.2) is 0 Å². The molecule has 18 heavy (non-hydrogen) atoms. The number of likely N-dealkylation sites (N-methyl/N-ethyl adjacent to an activating group) is 1. The number of aliphatic hydroxyl groups excluding tert-OH is 1. The molecule has 0 aliphatic rings. The minimum atomic E-state index is -0.124. The molecule has 0 rings (SSSR count). The van der Waals surface area contributed by atoms with Gasteiger partial charge in [0, 0.05) is 25.4 Å². The van der Waals surface area contributed by atoms with Crippen molar-refractivity contribution < 1.29 is 14.7 Å². The molecular formula is C12H24N2O3S. The maximum absolute atomic E-state index is 11.7. The fourth-order valence-electron chi connectivity index (χ4n) is 1.21. The van der Waals surface area contributed by atoms with E-state index in [0.717, 1.165) is 6.42 Å². The fourth-order valence-corrected chi connectivity index (χ4v) is 2.13. The number of hydrogen-bond donors (Lipinski definition) is 2. The molecular weight excluding hydrogens is 252 g/mol. The van der Waals surface area contributed by atoms with Gasteiger partial charge in [-0.15, -0.1) is 11.8 Å². The normalized spacial score (nSPS) is 12.0. The lowest BCUT2D eigenvalue weighted by Gasteiger charge is -2.17. The molecule has 0 aromatic heterocycles. The van der Waals surface area contributed by atoms with Crippen LogP contribution in [0.4, 0.5) is 0 Å². The first-order chi connectivity index (χ1) is 8.51. The Hall–Kier alpha value is -0.750. The maximum Gasteiger partial charge on any atom is 0.239 e. The van der Waals surface area contributed by atoms with E-state index >= 15 is 0 Å². The van der Waals surface area contributed by atoms with Crippen molar-refractivity contribution in [1.29, 1.82) is 0 Å². The van der Waals surface area contributed by atoms with E-state index in [1.54, 1.807) is 7.05 Å². The molecule has 0 saturated carbocycles. The van der Waals surface area contributed by atoms with Crippen LogP contribution < -0.4 is 5.32 Å². The van der Waals surface area contributed by atoms with E-state index in [0.29, 0.717) is 18.7 Å². The van der Waals surface area contributed by atoms with Gasteiger partial charge in [0.05, 0.1) is 12.3 Å². The van der Waals surface area contributed by atoms with Crippen LogP contribution in [0.3, 0.4) is 0 Å². The number of thioether (sulfide) groups is 1. The van der Waals surface area contributed by atoms with E-state index in [1.807, 2.05) is 13.8 Å². The number of rotatable bonds is 9. The zero-order valence-electron chi connectivity index (χ0n) is 11.4. The highest BCUT2D eigenvalue weighted by atomic mass is 32.2. The number of aliphatic hydroxyl groups is 1. The third kappa shape index (κ3) is 8.36. The lowest BCUT2D eigenvalue weighted by atomic mass is 10.3. The second kappa shape index (κ2) is 10.2. The van der Waals surface area contributed by atoms with Crippen LogP contribution in [-0.4, -0.2) is 59.6 Å². The molecule has 2 amide bonds. The molecule has 0 radical (unpaired) electrons. The maximum atomic E-state index is 11.7. The highest BCUT2D eigenvalue weighted by Gasteiger charge is 2.13. The summed E-state index contributed by atoms with van der Waals surface area (Å²) in [5, 5.41) is 11.7. The van der Waals surface area contributed by atoms with Crippen LogP contribution in [0, 0.1) is 0 Å². The Bertz CT molecular complexity index is 262. The average Bonchev–Trinajstić information content (AvgIpc) is 2.33. The first kappa shape index (κ1) is 17.2. The number of hydrogen-bond acceptors (Lipinski definition) is 4. The van der Waals surface area contributed by atoms with Crippen LogP contribution in [0.15, 0.2) is 0 Å². The Morgan fingerprint density at radius 2 is 2.11 bits per heavy atom. The first-order valence-corrected chi connectivity index (χ1v) is 7.29. The summed E-state index contributed by atoms with van der Waals surface area (Å²) in [5.74, 6) is 0.163. The van der Waals surface area contributed by atoms with Crippen LogP contribution in [-0.2, 0) is 9.59 Å². The molecule has 0 saturated heterocycles. The number of nitrogens with one attached hydrogen (secondary N) is 1. The van der Waals surface area contributed by atoms with Crippen LogP contribution in [0.5, 0.6) is 0 Å². The Balaban J connectivity index is 3.85. The van der Waals surface area contributed by atoms with Gasteiger partial charge in [-0.05, 0) is 12.8 Å². The SMILES string of the molecule is CCCNC(=O)CN(C)C(=O)CSC(C)CCO. The fraction of sp³-hybridized carbons (Fsp3) is 0.833. The van der Waals surface area contributed by atoms with Gasteiger partial charge in [-0.2, -0.15) is 0 Å². The van der Waals surface area contributed by atoms with Crippen molar-refractivity contribution in [1.82, 2.24) is 10.2 Å². The minimum absolute atomic E-state index is 0.0589. The molecule has 1 unspecified atom stereocenters. The predicted octanol–water partition coefficient (Wildman–Crippen LogP) is 0.475. The predicted molar refractivity (Wildman–Crippen MR) is 74.6 cm³/mol. The summed E-state index contributed by atoms with van der Waals surface area (Å²) in [7, 11) is 1.63. The Kier molecular flexibility index (Phi) is 9.77. The molecule has 0 bridgehead atoms. The summed E-state index contributed by atoms with van der Waals surface area (Å²) in [6, 6.07) is 0. The van der Waals surface area contributed by atoms with Crippen molar-refractivity contribution in [3.05, 3.63) is 0 Å². The lowest BCUT2D eigenvalue weighted by molar-refractivity contribution is -0.132. The quantitative estimate of drug-likeness (QED) is 0.642. The second-order valence-corrected chi connectivity index (χ2v) is 5.66. The van der Waals surface area contributed by atoms with Gasteiger partial charge >= 0.3 is 0 Å². The summed E-state index contributed by atoms with van der Waals surface area (Å²) in [5.41, 5.74) is 0. The van der Waals surface area contributed by atoms with Crippen LogP contribution in [0.25, 0.3) is 0 Å². The third-order valence-corrected chi connectivity index (χ3v) is 3.62. The topological polar surface area (TPSA) is 69.6 Å². The minimum Gasteiger partial charge on any atom is -0.396 e. The Morgan fingerprint density at radius 3 is 2.67 bits per heavy atom. The summed E-state index contributed by atoms with van der Waals surface area (Å²) in [4.78, 5) is 24.6. The molecule has 0 aromatic rings. The zero-order chi connectivity index (χ0) is 14.0. The number of amides is 2. The molecule has 6 heteroatoms. The summed E-state index contributed by atoms with van der Waals surface area (Å²) in [6.45, 7) is 4.84. The van der Waals surface area contributed by atoms with Gasteiger partial charge in [-0.3, -0.25) is 9.59 Å². The van der Waals surface area contributed by atoms with Crippen LogP contribution in [0.1, 0.15) is 26.7 Å². The summed E-state index contributed by atoms with van der Waals surface area (Å²) >= 11 is 1.50. The Labute approximate surface area is 113 Å². The molecule has 2 N–H and O–H groups in total. The van der Waals surface area contributed by atoms with E-state index in [4.69, 9.17) is 5.11 Å². The summed E-state index contributed by atoms with van der Waals surface area (Å²) in [6.07, 6.45) is 1.57. The largest absolute Gasteiger partial charge is 0.396 e. The van der Waals surface area contributed by atoms with Gasteiger partial charge in [0.1, 0.15) is 0 Å². The number of nitrogens with zero attached hydrogens (tertiary/aromatic N) is 1. The molecule has 1 atom stereocenters. The molecule has 0 spiro atoms. The molecule has 0 heterocycles. The molecule has 106 valence electrons. The highest BCUT2D eigenvalue weighted by molar-refractivity contribution is 8.00.